The first kappa shape index (κ1) is 17.4. The normalized spacial score (nSPS) is 18.0. The minimum atomic E-state index is -0.487. The Balaban J connectivity index is 2.04. The number of para-hydroxylation sites is 2. The Bertz CT molecular complexity index is 606. The van der Waals surface area contributed by atoms with Crippen LogP contribution in [0.25, 0.3) is 0 Å². The van der Waals surface area contributed by atoms with Crippen LogP contribution in [0.5, 0.6) is 0 Å². The highest BCUT2D eigenvalue weighted by Gasteiger charge is 2.25. The molecule has 1 aliphatic rings. The molecule has 1 atom stereocenters. The number of piperidine rings is 1. The van der Waals surface area contributed by atoms with Crippen molar-refractivity contribution in [3.8, 4) is 0 Å². The zero-order valence-corrected chi connectivity index (χ0v) is 14.7. The van der Waals surface area contributed by atoms with E-state index in [1.807, 2.05) is 45.0 Å². The van der Waals surface area contributed by atoms with Crippen molar-refractivity contribution in [1.29, 1.82) is 0 Å². The minimum absolute atomic E-state index is 0.0584. The molecule has 1 aliphatic heterocycles. The molecule has 6 heteroatoms. The number of alkyl carbamates (subject to hydrolysis) is 1. The molecule has 1 aromatic carbocycles. The number of hydrogen-bond donors (Lipinski definition) is 1. The zero-order chi connectivity index (χ0) is 16.9. The monoisotopic (exact) mass is 333 g/mol. The standard InChI is InChI=1S/C17H23N3O2S/c1-17(2,3)22-16(21)19-13-7-6-10-20(11-13)15-9-5-4-8-14(15)18-12-23/h4-5,8-9,13H,6-7,10-11H2,1-3H3,(H,19,21)/t13-/m0/s1. The first-order chi connectivity index (χ1) is 10.9. The van der Waals surface area contributed by atoms with Crippen LogP contribution in [-0.4, -0.2) is 36.0 Å². The van der Waals surface area contributed by atoms with Gasteiger partial charge in [-0.2, -0.15) is 4.99 Å². The molecule has 0 unspecified atom stereocenters. The molecule has 0 aromatic heterocycles. The van der Waals surface area contributed by atoms with Gasteiger partial charge < -0.3 is 15.0 Å². The Morgan fingerprint density at radius 3 is 2.87 bits per heavy atom. The molecular weight excluding hydrogens is 310 g/mol. The van der Waals surface area contributed by atoms with E-state index in [0.29, 0.717) is 0 Å². The molecule has 1 amide bonds. The molecule has 0 aliphatic carbocycles. The van der Waals surface area contributed by atoms with Gasteiger partial charge in [0.25, 0.3) is 0 Å². The van der Waals surface area contributed by atoms with Crippen LogP contribution >= 0.6 is 12.2 Å². The van der Waals surface area contributed by atoms with Crippen molar-refractivity contribution in [3.05, 3.63) is 24.3 Å². The predicted molar refractivity (Wildman–Crippen MR) is 95.7 cm³/mol. The molecule has 2 rings (SSSR count). The SMILES string of the molecule is CC(C)(C)OC(=O)N[C@H]1CCCN(c2ccccc2N=C=S)C1. The predicted octanol–water partition coefficient (Wildman–Crippen LogP) is 3.91. The first-order valence-corrected chi connectivity index (χ1v) is 8.21. The maximum atomic E-state index is 11.9. The van der Waals surface area contributed by atoms with Crippen molar-refractivity contribution in [1.82, 2.24) is 5.32 Å². The summed E-state index contributed by atoms with van der Waals surface area (Å²) in [5.74, 6) is 0. The number of isothiocyanates is 1. The molecular formula is C17H23N3O2S. The van der Waals surface area contributed by atoms with E-state index in [9.17, 15) is 4.79 Å². The number of carbonyl (C=O) groups is 1. The van der Waals surface area contributed by atoms with Crippen LogP contribution in [0.15, 0.2) is 29.3 Å². The van der Waals surface area contributed by atoms with E-state index in [-0.39, 0.29) is 12.1 Å². The second kappa shape index (κ2) is 7.57. The Hall–Kier alpha value is -1.91. The number of anilines is 1. The second-order valence-corrected chi connectivity index (χ2v) is 6.81. The van der Waals surface area contributed by atoms with Crippen molar-refractivity contribution in [3.63, 3.8) is 0 Å². The molecule has 0 saturated carbocycles. The number of nitrogens with zero attached hydrogens (tertiary/aromatic N) is 2. The van der Waals surface area contributed by atoms with Crippen molar-refractivity contribution in [2.24, 2.45) is 4.99 Å². The Morgan fingerprint density at radius 1 is 1.43 bits per heavy atom. The summed E-state index contributed by atoms with van der Waals surface area (Å²) in [4.78, 5) is 18.3. The van der Waals surface area contributed by atoms with E-state index in [1.165, 1.54) is 0 Å². The number of ether oxygens (including phenoxy) is 1. The lowest BCUT2D eigenvalue weighted by Crippen LogP contribution is -2.49. The zero-order valence-electron chi connectivity index (χ0n) is 13.8. The third-order valence-corrected chi connectivity index (χ3v) is 3.62. The summed E-state index contributed by atoms with van der Waals surface area (Å²) in [6.45, 7) is 7.23. The van der Waals surface area contributed by atoms with E-state index in [2.05, 4.69) is 20.4 Å². The Labute approximate surface area is 142 Å². The summed E-state index contributed by atoms with van der Waals surface area (Å²) in [7, 11) is 0. The lowest BCUT2D eigenvalue weighted by Gasteiger charge is -2.35. The van der Waals surface area contributed by atoms with Crippen LogP contribution < -0.4 is 10.2 Å². The highest BCUT2D eigenvalue weighted by Crippen LogP contribution is 2.30. The van der Waals surface area contributed by atoms with Gasteiger partial charge in [-0.1, -0.05) is 12.1 Å². The van der Waals surface area contributed by atoms with Crippen LogP contribution in [0, 0.1) is 0 Å². The smallest absolute Gasteiger partial charge is 0.407 e. The average molecular weight is 333 g/mol. The molecule has 1 saturated heterocycles. The number of benzene rings is 1. The fourth-order valence-electron chi connectivity index (χ4n) is 2.66. The van der Waals surface area contributed by atoms with Crippen LogP contribution in [0.4, 0.5) is 16.2 Å². The number of carbonyl (C=O) groups excluding carboxylic acids is 1. The topological polar surface area (TPSA) is 53.9 Å². The van der Waals surface area contributed by atoms with Crippen molar-refractivity contribution < 1.29 is 9.53 Å². The fraction of sp³-hybridized carbons (Fsp3) is 0.529. The number of thiocarbonyl (C=S) groups is 1. The van der Waals surface area contributed by atoms with E-state index >= 15 is 0 Å². The van der Waals surface area contributed by atoms with Crippen molar-refractivity contribution >= 4 is 34.8 Å². The van der Waals surface area contributed by atoms with Crippen molar-refractivity contribution in [2.75, 3.05) is 18.0 Å². The van der Waals surface area contributed by atoms with Gasteiger partial charge in [-0.25, -0.2) is 4.79 Å². The maximum absolute atomic E-state index is 11.9. The van der Waals surface area contributed by atoms with E-state index in [1.54, 1.807) is 0 Å². The number of amides is 1. The van der Waals surface area contributed by atoms with Gasteiger partial charge in [-0.05, 0) is 58.0 Å². The summed E-state index contributed by atoms with van der Waals surface area (Å²) in [6.07, 6.45) is 1.57. The van der Waals surface area contributed by atoms with Crippen LogP contribution in [0.2, 0.25) is 0 Å². The number of hydrogen-bond acceptors (Lipinski definition) is 5. The average Bonchev–Trinajstić information content (AvgIpc) is 2.46. The van der Waals surface area contributed by atoms with Gasteiger partial charge in [0.1, 0.15) is 5.60 Å². The quantitative estimate of drug-likeness (QED) is 0.673. The number of rotatable bonds is 3. The third-order valence-electron chi connectivity index (χ3n) is 3.53. The molecule has 124 valence electrons. The van der Waals surface area contributed by atoms with E-state index in [0.717, 1.165) is 37.3 Å². The third kappa shape index (κ3) is 5.34. The molecule has 0 spiro atoms. The molecule has 5 nitrogen and oxygen atoms in total. The summed E-state index contributed by atoms with van der Waals surface area (Å²) in [5.41, 5.74) is 1.33. The fourth-order valence-corrected chi connectivity index (χ4v) is 2.76. The van der Waals surface area contributed by atoms with Gasteiger partial charge in [0, 0.05) is 19.1 Å². The number of aliphatic imine (C=N–C) groups is 1. The molecule has 23 heavy (non-hydrogen) atoms. The van der Waals surface area contributed by atoms with Gasteiger partial charge in [-0.3, -0.25) is 0 Å². The van der Waals surface area contributed by atoms with Gasteiger partial charge in [0.2, 0.25) is 0 Å². The van der Waals surface area contributed by atoms with Gasteiger partial charge in [0.05, 0.1) is 16.5 Å². The Kier molecular flexibility index (Phi) is 5.74. The molecule has 1 heterocycles. The summed E-state index contributed by atoms with van der Waals surface area (Å²) >= 11 is 4.72. The molecule has 1 N–H and O–H groups in total. The first-order valence-electron chi connectivity index (χ1n) is 7.80. The van der Waals surface area contributed by atoms with Gasteiger partial charge in [-0.15, -0.1) is 0 Å². The highest BCUT2D eigenvalue weighted by molar-refractivity contribution is 7.78. The largest absolute Gasteiger partial charge is 0.444 e. The van der Waals surface area contributed by atoms with Crippen LogP contribution in [0.1, 0.15) is 33.6 Å². The second-order valence-electron chi connectivity index (χ2n) is 6.62. The van der Waals surface area contributed by atoms with Crippen molar-refractivity contribution in [2.45, 2.75) is 45.3 Å². The summed E-state index contributed by atoms with van der Waals surface area (Å²) in [6, 6.07) is 7.89. The van der Waals surface area contributed by atoms with E-state index < -0.39 is 5.60 Å². The van der Waals surface area contributed by atoms with Gasteiger partial charge >= 0.3 is 6.09 Å². The van der Waals surface area contributed by atoms with E-state index in [4.69, 9.17) is 17.0 Å². The molecule has 0 bridgehead atoms. The van der Waals surface area contributed by atoms with Gasteiger partial charge in [0.15, 0.2) is 0 Å². The lowest BCUT2D eigenvalue weighted by atomic mass is 10.0. The highest BCUT2D eigenvalue weighted by atomic mass is 32.1. The maximum Gasteiger partial charge on any atom is 0.407 e. The lowest BCUT2D eigenvalue weighted by molar-refractivity contribution is 0.0500. The molecule has 1 aromatic rings. The minimum Gasteiger partial charge on any atom is -0.444 e. The summed E-state index contributed by atoms with van der Waals surface area (Å²) < 4.78 is 5.33. The molecule has 0 radical (unpaired) electrons. The number of nitrogens with one attached hydrogen (secondary N) is 1. The Morgan fingerprint density at radius 2 is 2.17 bits per heavy atom. The van der Waals surface area contributed by atoms with Crippen LogP contribution in [-0.2, 0) is 4.74 Å². The molecule has 1 fully saturated rings. The van der Waals surface area contributed by atoms with Crippen LogP contribution in [0.3, 0.4) is 0 Å². The summed E-state index contributed by atoms with van der Waals surface area (Å²) in [5, 5.41) is 5.38.